The number of hydrogen-bond acceptors (Lipinski definition) is 4. The Kier molecular flexibility index (Phi) is 9.96. The summed E-state index contributed by atoms with van der Waals surface area (Å²) in [6, 6.07) is 0.271. The van der Waals surface area contributed by atoms with E-state index in [9.17, 15) is 9.59 Å². The van der Waals surface area contributed by atoms with Crippen molar-refractivity contribution in [1.82, 2.24) is 15.5 Å². The topological polar surface area (TPSA) is 83.0 Å². The van der Waals surface area contributed by atoms with Crippen molar-refractivity contribution in [2.24, 2.45) is 10.9 Å². The minimum absolute atomic E-state index is 0.0155. The number of amides is 1. The molecule has 0 aromatic heterocycles. The lowest BCUT2D eigenvalue weighted by atomic mass is 9.86. The molecule has 0 atom stereocenters. The lowest BCUT2D eigenvalue weighted by molar-refractivity contribution is -0.149. The Morgan fingerprint density at radius 2 is 1.84 bits per heavy atom. The zero-order valence-electron chi connectivity index (χ0n) is 16.1. The normalized spacial score (nSPS) is 20.7. The highest BCUT2D eigenvalue weighted by Crippen LogP contribution is 2.25. The van der Waals surface area contributed by atoms with E-state index in [0.29, 0.717) is 12.6 Å². The molecule has 0 aromatic rings. The van der Waals surface area contributed by atoms with Gasteiger partial charge >= 0.3 is 5.97 Å². The summed E-state index contributed by atoms with van der Waals surface area (Å²) in [7, 11) is 3.46. The number of nitrogens with one attached hydrogen (secondary N) is 2. The van der Waals surface area contributed by atoms with Gasteiger partial charge in [-0.05, 0) is 39.0 Å². The third-order valence-electron chi connectivity index (χ3n) is 4.38. The van der Waals surface area contributed by atoms with Crippen LogP contribution in [-0.4, -0.2) is 62.6 Å². The van der Waals surface area contributed by atoms with E-state index in [4.69, 9.17) is 4.74 Å². The van der Waals surface area contributed by atoms with Crippen LogP contribution in [-0.2, 0) is 14.3 Å². The minimum Gasteiger partial charge on any atom is -0.466 e. The predicted octanol–water partition coefficient (Wildman–Crippen LogP) is 1.53. The number of nitrogens with zero attached hydrogens (tertiary/aromatic N) is 2. The Balaban J connectivity index is 2.52. The summed E-state index contributed by atoms with van der Waals surface area (Å²) in [5.74, 6) is 0.597. The maximum Gasteiger partial charge on any atom is 0.308 e. The van der Waals surface area contributed by atoms with E-state index < -0.39 is 0 Å². The van der Waals surface area contributed by atoms with Gasteiger partial charge in [0, 0.05) is 26.7 Å². The van der Waals surface area contributed by atoms with E-state index in [2.05, 4.69) is 22.5 Å². The zero-order chi connectivity index (χ0) is 18.7. The molecular weight excluding hydrogens is 320 g/mol. The monoisotopic (exact) mass is 354 g/mol. The highest BCUT2D eigenvalue weighted by Gasteiger charge is 2.27. The van der Waals surface area contributed by atoms with Crippen molar-refractivity contribution in [1.29, 1.82) is 0 Å². The van der Waals surface area contributed by atoms with Crippen LogP contribution >= 0.6 is 0 Å². The standard InChI is InChI=1S/C18H34N4O3/c1-5-7-12-19-18(20-13-16(23)22(3)4)21-15-10-8-14(9-11-15)17(24)25-6-2/h14-15H,5-13H2,1-4H3,(H2,19,20,21). The van der Waals surface area contributed by atoms with Gasteiger partial charge in [0.15, 0.2) is 5.96 Å². The minimum atomic E-state index is -0.0764. The fourth-order valence-corrected chi connectivity index (χ4v) is 2.75. The molecule has 0 spiro atoms. The van der Waals surface area contributed by atoms with E-state index in [1.165, 1.54) is 4.90 Å². The molecule has 0 heterocycles. The van der Waals surface area contributed by atoms with Crippen molar-refractivity contribution in [3.8, 4) is 0 Å². The highest BCUT2D eigenvalue weighted by atomic mass is 16.5. The van der Waals surface area contributed by atoms with Crippen LogP contribution in [0.25, 0.3) is 0 Å². The van der Waals surface area contributed by atoms with E-state index in [0.717, 1.165) is 45.1 Å². The number of esters is 1. The van der Waals surface area contributed by atoms with Crippen molar-refractivity contribution in [2.45, 2.75) is 58.4 Å². The molecule has 144 valence electrons. The number of aliphatic imine (C=N–C) groups is 1. The van der Waals surface area contributed by atoms with Crippen LogP contribution in [0.1, 0.15) is 52.4 Å². The average Bonchev–Trinajstić information content (AvgIpc) is 2.60. The predicted molar refractivity (Wildman–Crippen MR) is 99.4 cm³/mol. The molecule has 0 aromatic carbocycles. The largest absolute Gasteiger partial charge is 0.466 e. The molecule has 1 fully saturated rings. The summed E-state index contributed by atoms with van der Waals surface area (Å²) in [5.41, 5.74) is 0. The second kappa shape index (κ2) is 11.7. The molecule has 1 amide bonds. The molecule has 1 saturated carbocycles. The van der Waals surface area contributed by atoms with Crippen LogP contribution in [0.2, 0.25) is 0 Å². The van der Waals surface area contributed by atoms with Crippen molar-refractivity contribution in [2.75, 3.05) is 33.8 Å². The number of guanidine groups is 1. The van der Waals surface area contributed by atoms with Crippen molar-refractivity contribution in [3.63, 3.8) is 0 Å². The maximum atomic E-state index is 11.8. The van der Waals surface area contributed by atoms with E-state index in [1.54, 1.807) is 14.1 Å². The first kappa shape index (κ1) is 21.3. The molecule has 0 aliphatic heterocycles. The van der Waals surface area contributed by atoms with E-state index in [1.807, 2.05) is 6.92 Å². The van der Waals surface area contributed by atoms with Crippen LogP contribution < -0.4 is 10.6 Å². The fraction of sp³-hybridized carbons (Fsp3) is 0.833. The van der Waals surface area contributed by atoms with E-state index in [-0.39, 0.29) is 30.4 Å². The Labute approximate surface area is 151 Å². The second-order valence-corrected chi connectivity index (χ2v) is 6.68. The van der Waals surface area contributed by atoms with Crippen LogP contribution in [0.15, 0.2) is 4.99 Å². The van der Waals surface area contributed by atoms with Gasteiger partial charge < -0.3 is 20.3 Å². The van der Waals surface area contributed by atoms with Crippen LogP contribution in [0, 0.1) is 5.92 Å². The Hall–Kier alpha value is -1.79. The van der Waals surface area contributed by atoms with Gasteiger partial charge in [0.1, 0.15) is 6.54 Å². The van der Waals surface area contributed by atoms with Gasteiger partial charge in [-0.1, -0.05) is 13.3 Å². The molecule has 7 heteroatoms. The lowest BCUT2D eigenvalue weighted by Gasteiger charge is -2.29. The Morgan fingerprint density at radius 3 is 2.40 bits per heavy atom. The molecule has 1 aliphatic rings. The molecule has 0 bridgehead atoms. The second-order valence-electron chi connectivity index (χ2n) is 6.68. The number of carbonyl (C=O) groups is 2. The molecule has 1 aliphatic carbocycles. The third kappa shape index (κ3) is 8.23. The lowest BCUT2D eigenvalue weighted by Crippen LogP contribution is -2.46. The van der Waals surface area contributed by atoms with Crippen LogP contribution in [0.5, 0.6) is 0 Å². The average molecular weight is 354 g/mol. The molecule has 0 unspecified atom stereocenters. The van der Waals surface area contributed by atoms with E-state index >= 15 is 0 Å². The zero-order valence-corrected chi connectivity index (χ0v) is 16.1. The van der Waals surface area contributed by atoms with Gasteiger partial charge in [-0.25, -0.2) is 4.99 Å². The van der Waals surface area contributed by atoms with Crippen LogP contribution in [0.4, 0.5) is 0 Å². The molecule has 0 saturated heterocycles. The number of ether oxygens (including phenoxy) is 1. The van der Waals surface area contributed by atoms with Crippen molar-refractivity contribution < 1.29 is 14.3 Å². The highest BCUT2D eigenvalue weighted by molar-refractivity contribution is 5.85. The first-order chi connectivity index (χ1) is 12.0. The number of rotatable bonds is 8. The quantitative estimate of drug-likeness (QED) is 0.299. The van der Waals surface area contributed by atoms with Crippen molar-refractivity contribution in [3.05, 3.63) is 0 Å². The Bertz CT molecular complexity index is 444. The summed E-state index contributed by atoms with van der Waals surface area (Å²) in [4.78, 5) is 29.5. The summed E-state index contributed by atoms with van der Waals surface area (Å²) in [5, 5.41) is 6.71. The number of likely N-dealkylation sites (N-methyl/N-ethyl adjacent to an activating group) is 1. The first-order valence-corrected chi connectivity index (χ1v) is 9.39. The van der Waals surface area contributed by atoms with Gasteiger partial charge in [0.2, 0.25) is 5.91 Å². The Morgan fingerprint density at radius 1 is 1.16 bits per heavy atom. The van der Waals surface area contributed by atoms with Gasteiger partial charge in [0.05, 0.1) is 12.5 Å². The van der Waals surface area contributed by atoms with Gasteiger partial charge in [0.25, 0.3) is 0 Å². The maximum absolute atomic E-state index is 11.8. The third-order valence-corrected chi connectivity index (χ3v) is 4.38. The van der Waals surface area contributed by atoms with Crippen molar-refractivity contribution >= 4 is 17.8 Å². The number of unbranched alkanes of at least 4 members (excludes halogenated alkanes) is 1. The number of carbonyl (C=O) groups excluding carboxylic acids is 2. The van der Waals surface area contributed by atoms with Gasteiger partial charge in [-0.3, -0.25) is 9.59 Å². The SMILES string of the molecule is CCCCNC(=NCC(=O)N(C)C)NC1CCC(C(=O)OCC)CC1. The first-order valence-electron chi connectivity index (χ1n) is 9.39. The number of hydrogen-bond donors (Lipinski definition) is 2. The molecular formula is C18H34N4O3. The van der Waals surface area contributed by atoms with Gasteiger partial charge in [-0.2, -0.15) is 0 Å². The summed E-state index contributed by atoms with van der Waals surface area (Å²) >= 11 is 0. The fourth-order valence-electron chi connectivity index (χ4n) is 2.75. The molecule has 25 heavy (non-hydrogen) atoms. The molecule has 2 N–H and O–H groups in total. The molecule has 1 rings (SSSR count). The molecule has 7 nitrogen and oxygen atoms in total. The van der Waals surface area contributed by atoms with Gasteiger partial charge in [-0.15, -0.1) is 0 Å². The summed E-state index contributed by atoms with van der Waals surface area (Å²) < 4.78 is 5.11. The summed E-state index contributed by atoms with van der Waals surface area (Å²) in [6.07, 6.45) is 5.61. The molecule has 0 radical (unpaired) electrons. The van der Waals surface area contributed by atoms with Crippen LogP contribution in [0.3, 0.4) is 0 Å². The summed E-state index contributed by atoms with van der Waals surface area (Å²) in [6.45, 7) is 5.38. The smallest absolute Gasteiger partial charge is 0.308 e.